The fourth-order valence-corrected chi connectivity index (χ4v) is 4.39. The molecule has 0 unspecified atom stereocenters. The molecule has 0 aromatic heterocycles. The fraction of sp³-hybridized carbons (Fsp3) is 0.458. The highest BCUT2D eigenvalue weighted by Crippen LogP contribution is 2.22. The third kappa shape index (κ3) is 8.81. The summed E-state index contributed by atoms with van der Waals surface area (Å²) in [5, 5.41) is 0. The van der Waals surface area contributed by atoms with Crippen LogP contribution in [0.15, 0.2) is 59.5 Å². The van der Waals surface area contributed by atoms with Gasteiger partial charge in [0.05, 0.1) is 17.1 Å². The van der Waals surface area contributed by atoms with E-state index in [1.165, 1.54) is 12.1 Å². The van der Waals surface area contributed by atoms with Crippen LogP contribution < -0.4 is 9.46 Å². The standard InChI is InChI=1S/C24H33NO5S/c1-23(2,3)18-29-16-10-15-24(4,5)25-31(27,28)21-14-9-13-20(17-21)30-22(26)19-11-7-6-8-12-19/h6-9,11-14,17,25H,10,15-16,18H2,1-5H3. The summed E-state index contributed by atoms with van der Waals surface area (Å²) in [4.78, 5) is 12.3. The molecule has 0 aliphatic carbocycles. The lowest BCUT2D eigenvalue weighted by Gasteiger charge is -2.26. The molecular weight excluding hydrogens is 414 g/mol. The van der Waals surface area contributed by atoms with Gasteiger partial charge < -0.3 is 9.47 Å². The van der Waals surface area contributed by atoms with Crippen molar-refractivity contribution in [3.63, 3.8) is 0 Å². The van der Waals surface area contributed by atoms with Crippen LogP contribution in [0, 0.1) is 5.41 Å². The molecule has 0 amide bonds. The lowest BCUT2D eigenvalue weighted by atomic mass is 9.98. The summed E-state index contributed by atoms with van der Waals surface area (Å²) in [5.41, 5.74) is -0.157. The second-order valence-electron chi connectivity index (χ2n) is 9.44. The Morgan fingerprint density at radius 3 is 2.29 bits per heavy atom. The predicted octanol–water partition coefficient (Wildman–Crippen LogP) is 4.81. The maximum Gasteiger partial charge on any atom is 0.343 e. The number of carbonyl (C=O) groups excluding carboxylic acids is 1. The van der Waals surface area contributed by atoms with Crippen molar-refractivity contribution >= 4 is 16.0 Å². The number of rotatable bonds is 10. The number of hydrogen-bond acceptors (Lipinski definition) is 5. The number of hydrogen-bond donors (Lipinski definition) is 1. The molecule has 1 N–H and O–H groups in total. The predicted molar refractivity (Wildman–Crippen MR) is 122 cm³/mol. The highest BCUT2D eigenvalue weighted by molar-refractivity contribution is 7.89. The van der Waals surface area contributed by atoms with E-state index in [1.54, 1.807) is 42.5 Å². The van der Waals surface area contributed by atoms with Gasteiger partial charge in [0.15, 0.2) is 0 Å². The molecule has 0 saturated carbocycles. The molecule has 0 aliphatic heterocycles. The first-order valence-electron chi connectivity index (χ1n) is 10.4. The van der Waals surface area contributed by atoms with Gasteiger partial charge in [-0.2, -0.15) is 0 Å². The lowest BCUT2D eigenvalue weighted by molar-refractivity contribution is 0.0664. The first kappa shape index (κ1) is 25.0. The van der Waals surface area contributed by atoms with E-state index in [0.717, 1.165) is 6.42 Å². The number of benzene rings is 2. The summed E-state index contributed by atoms with van der Waals surface area (Å²) in [6.07, 6.45) is 1.36. The Morgan fingerprint density at radius 2 is 1.65 bits per heavy atom. The van der Waals surface area contributed by atoms with E-state index < -0.39 is 21.5 Å². The highest BCUT2D eigenvalue weighted by Gasteiger charge is 2.26. The average molecular weight is 448 g/mol. The molecule has 0 spiro atoms. The van der Waals surface area contributed by atoms with Crippen LogP contribution in [0.5, 0.6) is 5.75 Å². The lowest BCUT2D eigenvalue weighted by Crippen LogP contribution is -2.43. The Labute approximate surface area is 186 Å². The monoisotopic (exact) mass is 447 g/mol. The molecule has 0 heterocycles. The van der Waals surface area contributed by atoms with Crippen molar-refractivity contribution in [2.45, 2.75) is 57.9 Å². The van der Waals surface area contributed by atoms with Gasteiger partial charge in [-0.1, -0.05) is 45.0 Å². The van der Waals surface area contributed by atoms with E-state index in [2.05, 4.69) is 25.5 Å². The molecule has 7 heteroatoms. The highest BCUT2D eigenvalue weighted by atomic mass is 32.2. The zero-order chi connectivity index (χ0) is 23.1. The second-order valence-corrected chi connectivity index (χ2v) is 11.1. The normalized spacial score (nSPS) is 12.5. The fourth-order valence-electron chi connectivity index (χ4n) is 2.91. The molecule has 31 heavy (non-hydrogen) atoms. The van der Waals surface area contributed by atoms with E-state index in [4.69, 9.17) is 9.47 Å². The van der Waals surface area contributed by atoms with Crippen molar-refractivity contribution in [1.82, 2.24) is 4.72 Å². The zero-order valence-corrected chi connectivity index (χ0v) is 19.8. The summed E-state index contributed by atoms with van der Waals surface area (Å²) < 4.78 is 39.5. The summed E-state index contributed by atoms with van der Waals surface area (Å²) in [6.45, 7) is 11.2. The van der Waals surface area contributed by atoms with Crippen molar-refractivity contribution in [2.24, 2.45) is 5.41 Å². The Morgan fingerprint density at radius 1 is 0.968 bits per heavy atom. The first-order chi connectivity index (χ1) is 14.4. The van der Waals surface area contributed by atoms with Crippen LogP contribution in [0.3, 0.4) is 0 Å². The third-order valence-electron chi connectivity index (χ3n) is 4.37. The van der Waals surface area contributed by atoms with E-state index >= 15 is 0 Å². The van der Waals surface area contributed by atoms with Crippen LogP contribution in [-0.4, -0.2) is 33.1 Å². The van der Waals surface area contributed by atoms with E-state index in [1.807, 2.05) is 13.8 Å². The number of esters is 1. The third-order valence-corrected chi connectivity index (χ3v) is 6.07. The van der Waals surface area contributed by atoms with E-state index in [-0.39, 0.29) is 16.1 Å². The van der Waals surface area contributed by atoms with E-state index in [9.17, 15) is 13.2 Å². The minimum Gasteiger partial charge on any atom is -0.423 e. The summed E-state index contributed by atoms with van der Waals surface area (Å²) in [5.74, 6) is -0.371. The van der Waals surface area contributed by atoms with Crippen LogP contribution in [0.25, 0.3) is 0 Å². The van der Waals surface area contributed by atoms with Crippen molar-refractivity contribution in [2.75, 3.05) is 13.2 Å². The van der Waals surface area contributed by atoms with Crippen molar-refractivity contribution in [3.05, 3.63) is 60.2 Å². The Kier molecular flexibility index (Phi) is 8.40. The average Bonchev–Trinajstić information content (AvgIpc) is 2.67. The van der Waals surface area contributed by atoms with Crippen LogP contribution in [0.1, 0.15) is 57.8 Å². The molecule has 6 nitrogen and oxygen atoms in total. The SMILES string of the molecule is CC(C)(C)COCCCC(C)(C)NS(=O)(=O)c1cccc(OC(=O)c2ccccc2)c1. The smallest absolute Gasteiger partial charge is 0.343 e. The molecule has 0 saturated heterocycles. The molecule has 0 bridgehead atoms. The Bertz CT molecular complexity index is 963. The molecule has 0 aliphatic rings. The summed E-state index contributed by atoms with van der Waals surface area (Å²) in [7, 11) is -3.79. The summed E-state index contributed by atoms with van der Waals surface area (Å²) in [6, 6.07) is 14.5. The topological polar surface area (TPSA) is 81.7 Å². The van der Waals surface area contributed by atoms with Gasteiger partial charge in [0, 0.05) is 18.2 Å². The molecule has 0 fully saturated rings. The van der Waals surface area contributed by atoms with Gasteiger partial charge in [-0.15, -0.1) is 0 Å². The molecule has 2 aromatic rings. The number of sulfonamides is 1. The second kappa shape index (κ2) is 10.4. The largest absolute Gasteiger partial charge is 0.423 e. The maximum absolute atomic E-state index is 12.9. The molecule has 0 atom stereocenters. The van der Waals surface area contributed by atoms with Crippen LogP contribution in [0.2, 0.25) is 0 Å². The molecule has 170 valence electrons. The van der Waals surface area contributed by atoms with Crippen molar-refractivity contribution in [1.29, 1.82) is 0 Å². The molecule has 2 rings (SSSR count). The Hall–Kier alpha value is -2.22. The minimum atomic E-state index is -3.79. The molecular formula is C24H33NO5S. The minimum absolute atomic E-state index is 0.0444. The molecule has 0 radical (unpaired) electrons. The Balaban J connectivity index is 1.98. The van der Waals surface area contributed by atoms with E-state index in [0.29, 0.717) is 25.2 Å². The first-order valence-corrected chi connectivity index (χ1v) is 11.9. The van der Waals surface area contributed by atoms with Gasteiger partial charge in [-0.3, -0.25) is 0 Å². The van der Waals surface area contributed by atoms with Crippen molar-refractivity contribution < 1.29 is 22.7 Å². The van der Waals surface area contributed by atoms with Gasteiger partial charge in [0.1, 0.15) is 5.75 Å². The van der Waals surface area contributed by atoms with Gasteiger partial charge in [0.25, 0.3) is 0 Å². The number of ether oxygens (including phenoxy) is 2. The number of carbonyl (C=O) groups is 1. The van der Waals surface area contributed by atoms with Crippen LogP contribution >= 0.6 is 0 Å². The van der Waals surface area contributed by atoms with Gasteiger partial charge in [-0.05, 0) is 56.4 Å². The van der Waals surface area contributed by atoms with Gasteiger partial charge >= 0.3 is 5.97 Å². The summed E-state index contributed by atoms with van der Waals surface area (Å²) >= 11 is 0. The zero-order valence-electron chi connectivity index (χ0n) is 19.0. The van der Waals surface area contributed by atoms with Crippen LogP contribution in [0.4, 0.5) is 0 Å². The number of nitrogens with one attached hydrogen (secondary N) is 1. The maximum atomic E-state index is 12.9. The molecule has 2 aromatic carbocycles. The van der Waals surface area contributed by atoms with Crippen LogP contribution in [-0.2, 0) is 14.8 Å². The van der Waals surface area contributed by atoms with Gasteiger partial charge in [0.2, 0.25) is 10.0 Å². The van der Waals surface area contributed by atoms with Crippen molar-refractivity contribution in [3.8, 4) is 5.75 Å². The van der Waals surface area contributed by atoms with Gasteiger partial charge in [-0.25, -0.2) is 17.9 Å². The quantitative estimate of drug-likeness (QED) is 0.321.